The number of carbonyl (C=O) groups is 1. The highest BCUT2D eigenvalue weighted by molar-refractivity contribution is 5.89. The fourth-order valence-corrected chi connectivity index (χ4v) is 1.65. The Morgan fingerprint density at radius 3 is 2.52 bits per heavy atom. The zero-order valence-electron chi connectivity index (χ0n) is 11.3. The van der Waals surface area contributed by atoms with Crippen LogP contribution in [0.4, 0.5) is 4.39 Å². The van der Waals surface area contributed by atoms with E-state index in [2.05, 4.69) is 0 Å². The molecule has 0 aliphatic rings. The van der Waals surface area contributed by atoms with Gasteiger partial charge in [0.15, 0.2) is 11.6 Å². The van der Waals surface area contributed by atoms with E-state index in [0.29, 0.717) is 17.9 Å². The van der Waals surface area contributed by atoms with Crippen LogP contribution in [0, 0.1) is 17.1 Å². The minimum atomic E-state index is -0.622. The molecule has 0 heterocycles. The maximum Gasteiger partial charge on any atom is 0.338 e. The molecule has 0 fully saturated rings. The fourth-order valence-electron chi connectivity index (χ4n) is 1.65. The number of hydrogen-bond acceptors (Lipinski definition) is 4. The van der Waals surface area contributed by atoms with Gasteiger partial charge < -0.3 is 9.47 Å². The third kappa shape index (κ3) is 3.57. The first kappa shape index (κ1) is 14.5. The van der Waals surface area contributed by atoms with Crippen LogP contribution in [-0.2, 0) is 4.74 Å². The first-order chi connectivity index (χ1) is 10.1. The van der Waals surface area contributed by atoms with Gasteiger partial charge >= 0.3 is 5.97 Å². The Labute approximate surface area is 121 Å². The second-order valence-electron chi connectivity index (χ2n) is 4.10. The molecule has 0 aromatic heterocycles. The highest BCUT2D eigenvalue weighted by Gasteiger charge is 2.08. The summed E-state index contributed by atoms with van der Waals surface area (Å²) < 4.78 is 23.9. The van der Waals surface area contributed by atoms with Crippen LogP contribution in [0.2, 0.25) is 0 Å². The van der Waals surface area contributed by atoms with Gasteiger partial charge in [-0.3, -0.25) is 0 Å². The molecule has 0 unspecified atom stereocenters. The van der Waals surface area contributed by atoms with Gasteiger partial charge in [-0.25, -0.2) is 9.18 Å². The van der Waals surface area contributed by atoms with Gasteiger partial charge in [-0.15, -0.1) is 0 Å². The van der Waals surface area contributed by atoms with Crippen molar-refractivity contribution in [3.8, 4) is 17.6 Å². The molecule has 0 spiro atoms. The number of carbonyl (C=O) groups excluding carboxylic acids is 1. The van der Waals surface area contributed by atoms with Crippen molar-refractivity contribution in [2.45, 2.75) is 6.92 Å². The lowest BCUT2D eigenvalue weighted by Crippen LogP contribution is -2.04. The summed E-state index contributed by atoms with van der Waals surface area (Å²) in [6.45, 7) is 2.02. The summed E-state index contributed by atoms with van der Waals surface area (Å²) in [5.74, 6) is -0.651. The SMILES string of the molecule is CCOC(=O)c1ccc(Oc2ccc(C#N)cc2F)cc1. The summed E-state index contributed by atoms with van der Waals surface area (Å²) in [5, 5.41) is 8.67. The normalized spacial score (nSPS) is 9.76. The van der Waals surface area contributed by atoms with Crippen molar-refractivity contribution in [2.75, 3.05) is 6.61 Å². The van der Waals surface area contributed by atoms with Crippen LogP contribution in [-0.4, -0.2) is 12.6 Å². The predicted octanol–water partition coefficient (Wildman–Crippen LogP) is 3.67. The van der Waals surface area contributed by atoms with Crippen LogP contribution in [0.3, 0.4) is 0 Å². The van der Waals surface area contributed by atoms with E-state index in [1.165, 1.54) is 24.3 Å². The van der Waals surface area contributed by atoms with Crippen molar-refractivity contribution >= 4 is 5.97 Å². The molecular weight excluding hydrogens is 273 g/mol. The topological polar surface area (TPSA) is 59.3 Å². The third-order valence-corrected chi connectivity index (χ3v) is 2.65. The number of rotatable bonds is 4. The summed E-state index contributed by atoms with van der Waals surface area (Å²) in [6, 6.07) is 12.0. The number of nitriles is 1. The summed E-state index contributed by atoms with van der Waals surface area (Å²) in [7, 11) is 0. The molecular formula is C16H12FNO3. The van der Waals surface area contributed by atoms with Gasteiger partial charge in [-0.05, 0) is 49.4 Å². The monoisotopic (exact) mass is 285 g/mol. The Kier molecular flexibility index (Phi) is 4.52. The number of ether oxygens (including phenoxy) is 2. The van der Waals surface area contributed by atoms with Crippen LogP contribution < -0.4 is 4.74 Å². The average molecular weight is 285 g/mol. The summed E-state index contributed by atoms with van der Waals surface area (Å²) in [6.07, 6.45) is 0. The number of halogens is 1. The molecule has 0 aliphatic heterocycles. The van der Waals surface area contributed by atoms with E-state index < -0.39 is 11.8 Å². The van der Waals surface area contributed by atoms with Crippen molar-refractivity contribution in [1.29, 1.82) is 5.26 Å². The quantitative estimate of drug-likeness (QED) is 0.804. The van der Waals surface area contributed by atoms with Crippen LogP contribution >= 0.6 is 0 Å². The van der Waals surface area contributed by atoms with Crippen molar-refractivity contribution in [3.63, 3.8) is 0 Å². The summed E-state index contributed by atoms with van der Waals surface area (Å²) in [4.78, 5) is 11.5. The standard InChI is InChI=1S/C16H12FNO3/c1-2-20-16(19)12-4-6-13(7-5-12)21-15-8-3-11(10-18)9-14(15)17/h3-9H,2H2,1H3. The average Bonchev–Trinajstić information content (AvgIpc) is 2.50. The smallest absolute Gasteiger partial charge is 0.338 e. The Balaban J connectivity index is 2.14. The van der Waals surface area contributed by atoms with Gasteiger partial charge in [-0.2, -0.15) is 5.26 Å². The molecule has 4 nitrogen and oxygen atoms in total. The lowest BCUT2D eigenvalue weighted by molar-refractivity contribution is 0.0526. The van der Waals surface area contributed by atoms with Crippen molar-refractivity contribution in [3.05, 3.63) is 59.4 Å². The Morgan fingerprint density at radius 1 is 1.24 bits per heavy atom. The molecule has 0 N–H and O–H groups in total. The number of hydrogen-bond donors (Lipinski definition) is 0. The molecule has 106 valence electrons. The van der Waals surface area contributed by atoms with Gasteiger partial charge in [0.25, 0.3) is 0 Å². The number of benzene rings is 2. The Morgan fingerprint density at radius 2 is 1.95 bits per heavy atom. The van der Waals surface area contributed by atoms with Crippen molar-refractivity contribution in [2.24, 2.45) is 0 Å². The molecule has 2 aromatic carbocycles. The molecule has 0 saturated heterocycles. The van der Waals surface area contributed by atoms with E-state index >= 15 is 0 Å². The summed E-state index contributed by atoms with van der Waals surface area (Å²) >= 11 is 0. The molecule has 0 radical (unpaired) electrons. The molecule has 0 amide bonds. The molecule has 0 bridgehead atoms. The molecule has 0 saturated carbocycles. The minimum Gasteiger partial charge on any atom is -0.462 e. The van der Waals surface area contributed by atoms with E-state index in [9.17, 15) is 9.18 Å². The molecule has 5 heteroatoms. The maximum atomic E-state index is 13.7. The molecule has 0 atom stereocenters. The van der Waals surface area contributed by atoms with Crippen LogP contribution in [0.25, 0.3) is 0 Å². The Bertz CT molecular complexity index is 690. The van der Waals surface area contributed by atoms with E-state index in [1.807, 2.05) is 6.07 Å². The highest BCUT2D eigenvalue weighted by Crippen LogP contribution is 2.25. The largest absolute Gasteiger partial charge is 0.462 e. The van der Waals surface area contributed by atoms with Crippen molar-refractivity contribution in [1.82, 2.24) is 0 Å². The molecule has 2 rings (SSSR count). The predicted molar refractivity (Wildman–Crippen MR) is 73.6 cm³/mol. The second kappa shape index (κ2) is 6.53. The summed E-state index contributed by atoms with van der Waals surface area (Å²) in [5.41, 5.74) is 0.613. The van der Waals surface area contributed by atoms with E-state index in [4.69, 9.17) is 14.7 Å². The lowest BCUT2D eigenvalue weighted by Gasteiger charge is -2.07. The van der Waals surface area contributed by atoms with E-state index in [1.54, 1.807) is 19.1 Å². The fraction of sp³-hybridized carbons (Fsp3) is 0.125. The van der Waals surface area contributed by atoms with Crippen LogP contribution in [0.1, 0.15) is 22.8 Å². The van der Waals surface area contributed by atoms with Gasteiger partial charge in [0.2, 0.25) is 0 Å². The number of nitrogens with zero attached hydrogens (tertiary/aromatic N) is 1. The second-order valence-corrected chi connectivity index (χ2v) is 4.10. The highest BCUT2D eigenvalue weighted by atomic mass is 19.1. The van der Waals surface area contributed by atoms with E-state index in [-0.39, 0.29) is 11.3 Å². The maximum absolute atomic E-state index is 13.7. The minimum absolute atomic E-state index is 0.0119. The van der Waals surface area contributed by atoms with E-state index in [0.717, 1.165) is 6.07 Å². The first-order valence-electron chi connectivity index (χ1n) is 6.28. The molecule has 0 aliphatic carbocycles. The number of esters is 1. The van der Waals surface area contributed by atoms with Gasteiger partial charge in [0, 0.05) is 0 Å². The molecule has 2 aromatic rings. The van der Waals surface area contributed by atoms with Crippen molar-refractivity contribution < 1.29 is 18.7 Å². The van der Waals surface area contributed by atoms with Gasteiger partial charge in [0.1, 0.15) is 5.75 Å². The first-order valence-corrected chi connectivity index (χ1v) is 6.28. The van der Waals surface area contributed by atoms with Crippen LogP contribution in [0.15, 0.2) is 42.5 Å². The lowest BCUT2D eigenvalue weighted by atomic mass is 10.2. The van der Waals surface area contributed by atoms with Crippen LogP contribution in [0.5, 0.6) is 11.5 Å². The zero-order valence-corrected chi connectivity index (χ0v) is 11.3. The Hall–Kier alpha value is -2.87. The third-order valence-electron chi connectivity index (χ3n) is 2.65. The van der Waals surface area contributed by atoms with Gasteiger partial charge in [0.05, 0.1) is 23.8 Å². The van der Waals surface area contributed by atoms with Gasteiger partial charge in [-0.1, -0.05) is 0 Å². The molecule has 21 heavy (non-hydrogen) atoms. The zero-order chi connectivity index (χ0) is 15.2.